The topological polar surface area (TPSA) is 111 Å². The van der Waals surface area contributed by atoms with Crippen molar-refractivity contribution in [1.29, 1.82) is 0 Å². The van der Waals surface area contributed by atoms with E-state index in [0.717, 1.165) is 11.3 Å². The summed E-state index contributed by atoms with van der Waals surface area (Å²) in [5, 5.41) is 14.0. The molecular formula is C24H31ClN2O5S. The van der Waals surface area contributed by atoms with Crippen LogP contribution in [0.25, 0.3) is 0 Å². The number of amides is 1. The zero-order chi connectivity index (χ0) is 24.4. The second-order valence-electron chi connectivity index (χ2n) is 7.66. The number of hydrogen-bond donors (Lipinski definition) is 3. The number of carbonyl (C=O) groups excluding carboxylic acids is 2. The first-order valence-corrected chi connectivity index (χ1v) is 12.1. The van der Waals surface area contributed by atoms with Crippen LogP contribution in [0.5, 0.6) is 0 Å². The lowest BCUT2D eigenvalue weighted by molar-refractivity contribution is -0.140. The van der Waals surface area contributed by atoms with Crippen LogP contribution in [0.15, 0.2) is 48.5 Å². The molecule has 180 valence electrons. The number of nitrogens with two attached hydrogens (primary N) is 1. The van der Waals surface area contributed by atoms with E-state index in [4.69, 9.17) is 22.1 Å². The molecule has 0 heterocycles. The van der Waals surface area contributed by atoms with Crippen molar-refractivity contribution in [3.05, 3.63) is 70.2 Å². The summed E-state index contributed by atoms with van der Waals surface area (Å²) in [5.74, 6) is 1.17. The summed E-state index contributed by atoms with van der Waals surface area (Å²) in [6, 6.07) is 13.2. The highest BCUT2D eigenvalue weighted by atomic mass is 35.5. The van der Waals surface area contributed by atoms with Gasteiger partial charge in [0.1, 0.15) is 12.2 Å². The maximum Gasteiger partial charge on any atom is 0.408 e. The second-order valence-corrected chi connectivity index (χ2v) is 9.18. The Labute approximate surface area is 204 Å². The lowest BCUT2D eigenvalue weighted by atomic mass is 9.97. The van der Waals surface area contributed by atoms with Gasteiger partial charge < -0.3 is 25.6 Å². The van der Waals surface area contributed by atoms with E-state index >= 15 is 0 Å². The lowest BCUT2D eigenvalue weighted by Crippen LogP contribution is -2.50. The number of esters is 1. The molecule has 33 heavy (non-hydrogen) atoms. The van der Waals surface area contributed by atoms with E-state index in [9.17, 15) is 14.7 Å². The Bertz CT molecular complexity index is 910. The van der Waals surface area contributed by atoms with Gasteiger partial charge in [0.05, 0.1) is 19.6 Å². The first-order chi connectivity index (χ1) is 15.7. The van der Waals surface area contributed by atoms with Crippen LogP contribution in [0.4, 0.5) is 4.79 Å². The first-order valence-electron chi connectivity index (χ1n) is 10.6. The average molecular weight is 495 g/mol. The van der Waals surface area contributed by atoms with Crippen molar-refractivity contribution in [1.82, 2.24) is 5.32 Å². The molecule has 2 aromatic carbocycles. The smallest absolute Gasteiger partial charge is 0.408 e. The van der Waals surface area contributed by atoms with E-state index in [1.807, 2.05) is 18.2 Å². The maximum atomic E-state index is 12.5. The fraction of sp³-hybridized carbons (Fsp3) is 0.417. The van der Waals surface area contributed by atoms with Gasteiger partial charge in [-0.2, -0.15) is 11.8 Å². The number of benzene rings is 2. The fourth-order valence-electron chi connectivity index (χ4n) is 3.16. The quantitative estimate of drug-likeness (QED) is 0.314. The van der Waals surface area contributed by atoms with E-state index in [0.29, 0.717) is 28.3 Å². The molecule has 0 aliphatic heterocycles. The Morgan fingerprint density at radius 1 is 1.15 bits per heavy atom. The van der Waals surface area contributed by atoms with Gasteiger partial charge in [0.2, 0.25) is 0 Å². The van der Waals surface area contributed by atoms with Gasteiger partial charge in [0, 0.05) is 28.1 Å². The fourth-order valence-corrected chi connectivity index (χ4v) is 4.34. The van der Waals surface area contributed by atoms with Crippen molar-refractivity contribution in [2.75, 3.05) is 12.9 Å². The van der Waals surface area contributed by atoms with E-state index < -0.39 is 30.4 Å². The van der Waals surface area contributed by atoms with Crippen LogP contribution in [-0.2, 0) is 20.0 Å². The third-order valence-corrected chi connectivity index (χ3v) is 6.46. The number of ether oxygens (including phenoxy) is 2. The van der Waals surface area contributed by atoms with Crippen molar-refractivity contribution < 1.29 is 24.2 Å². The largest absolute Gasteiger partial charge is 0.469 e. The Hall–Kier alpha value is -2.26. The predicted molar refractivity (Wildman–Crippen MR) is 131 cm³/mol. The molecule has 4 N–H and O–H groups in total. The Kier molecular flexibility index (Phi) is 11.0. The van der Waals surface area contributed by atoms with E-state index in [1.54, 1.807) is 55.9 Å². The summed E-state index contributed by atoms with van der Waals surface area (Å²) < 4.78 is 10.1. The summed E-state index contributed by atoms with van der Waals surface area (Å²) in [6.45, 7) is 3.43. The number of halogens is 1. The molecule has 0 saturated carbocycles. The molecule has 0 aromatic heterocycles. The molecule has 4 atom stereocenters. The highest BCUT2D eigenvalue weighted by molar-refractivity contribution is 7.98. The molecule has 7 nitrogen and oxygen atoms in total. The van der Waals surface area contributed by atoms with Crippen molar-refractivity contribution in [3.8, 4) is 0 Å². The van der Waals surface area contributed by atoms with Crippen LogP contribution in [-0.4, -0.2) is 42.1 Å². The molecule has 0 radical (unpaired) electrons. The van der Waals surface area contributed by atoms with Gasteiger partial charge in [-0.1, -0.05) is 54.1 Å². The number of methoxy groups -OCH3 is 1. The molecular weight excluding hydrogens is 464 g/mol. The number of alkyl carbamates (subject to hydrolysis) is 1. The van der Waals surface area contributed by atoms with Crippen LogP contribution in [0.1, 0.15) is 49.2 Å². The van der Waals surface area contributed by atoms with Crippen LogP contribution in [0, 0.1) is 0 Å². The minimum Gasteiger partial charge on any atom is -0.469 e. The molecule has 2 aromatic rings. The molecule has 9 heteroatoms. The van der Waals surface area contributed by atoms with Crippen LogP contribution < -0.4 is 11.1 Å². The van der Waals surface area contributed by atoms with Gasteiger partial charge in [0.25, 0.3) is 0 Å². The first kappa shape index (κ1) is 27.0. The third kappa shape index (κ3) is 8.55. The second kappa shape index (κ2) is 13.4. The predicted octanol–water partition coefficient (Wildman–Crippen LogP) is 4.37. The number of nitrogens with one attached hydrogen (secondary N) is 1. The zero-order valence-electron chi connectivity index (χ0n) is 19.0. The number of rotatable bonds is 11. The highest BCUT2D eigenvalue weighted by Gasteiger charge is 2.28. The SMILES string of the molecule is COC(=O)CCSCc1ccc(C(O)C(NC(=O)OC(C)c2ccccc2Cl)C(C)N)cc1. The summed E-state index contributed by atoms with van der Waals surface area (Å²) in [4.78, 5) is 23.6. The number of carbonyl (C=O) groups is 2. The van der Waals surface area contributed by atoms with Crippen molar-refractivity contribution >= 4 is 35.4 Å². The molecule has 0 spiro atoms. The molecule has 0 bridgehead atoms. The summed E-state index contributed by atoms with van der Waals surface area (Å²) >= 11 is 7.79. The van der Waals surface area contributed by atoms with E-state index in [1.165, 1.54) is 7.11 Å². The number of aliphatic hydroxyl groups excluding tert-OH is 1. The van der Waals surface area contributed by atoms with Gasteiger partial charge in [-0.3, -0.25) is 4.79 Å². The molecule has 0 aliphatic carbocycles. The third-order valence-electron chi connectivity index (χ3n) is 5.09. The summed E-state index contributed by atoms with van der Waals surface area (Å²) in [7, 11) is 1.38. The number of hydrogen-bond acceptors (Lipinski definition) is 7. The summed E-state index contributed by atoms with van der Waals surface area (Å²) in [6.07, 6.45) is -1.91. The van der Waals surface area contributed by atoms with Gasteiger partial charge in [-0.05, 0) is 31.0 Å². The Balaban J connectivity index is 1.94. The number of aliphatic hydroxyl groups is 1. The normalized spacial score (nSPS) is 14.6. The molecule has 0 aliphatic rings. The Morgan fingerprint density at radius 2 is 1.82 bits per heavy atom. The van der Waals surface area contributed by atoms with Crippen molar-refractivity contribution in [3.63, 3.8) is 0 Å². The van der Waals surface area contributed by atoms with Gasteiger partial charge >= 0.3 is 12.1 Å². The monoisotopic (exact) mass is 494 g/mol. The van der Waals surface area contributed by atoms with Crippen molar-refractivity contribution in [2.24, 2.45) is 5.73 Å². The molecule has 2 rings (SSSR count). The highest BCUT2D eigenvalue weighted by Crippen LogP contribution is 2.26. The Morgan fingerprint density at radius 3 is 2.42 bits per heavy atom. The molecule has 0 fully saturated rings. The molecule has 0 saturated heterocycles. The van der Waals surface area contributed by atoms with Gasteiger partial charge in [0.15, 0.2) is 0 Å². The van der Waals surface area contributed by atoms with E-state index in [-0.39, 0.29) is 5.97 Å². The molecule has 1 amide bonds. The van der Waals surface area contributed by atoms with Crippen molar-refractivity contribution in [2.45, 2.75) is 50.3 Å². The van der Waals surface area contributed by atoms with E-state index in [2.05, 4.69) is 10.1 Å². The van der Waals surface area contributed by atoms with Crippen LogP contribution >= 0.6 is 23.4 Å². The average Bonchev–Trinajstić information content (AvgIpc) is 2.80. The van der Waals surface area contributed by atoms with Crippen LogP contribution in [0.2, 0.25) is 5.02 Å². The summed E-state index contributed by atoms with van der Waals surface area (Å²) in [5.41, 5.74) is 8.41. The van der Waals surface area contributed by atoms with Gasteiger partial charge in [-0.25, -0.2) is 4.79 Å². The minimum atomic E-state index is -1.02. The standard InChI is InChI=1S/C24H31ClN2O5S/c1-15(26)22(27-24(30)32-16(2)19-6-4-5-7-20(19)25)23(29)18-10-8-17(9-11-18)14-33-13-12-21(28)31-3/h4-11,15-16,22-23,29H,12-14,26H2,1-3H3,(H,27,30). The maximum absolute atomic E-state index is 12.5. The minimum absolute atomic E-state index is 0.227. The van der Waals surface area contributed by atoms with Crippen LogP contribution in [0.3, 0.4) is 0 Å². The van der Waals surface area contributed by atoms with Gasteiger partial charge in [-0.15, -0.1) is 0 Å². The number of thioether (sulfide) groups is 1. The molecule has 4 unspecified atom stereocenters. The zero-order valence-corrected chi connectivity index (χ0v) is 20.6. The lowest BCUT2D eigenvalue weighted by Gasteiger charge is -2.28.